The lowest BCUT2D eigenvalue weighted by atomic mass is 10.0. The molecule has 1 aliphatic rings. The number of piperidine rings is 1. The van der Waals surface area contributed by atoms with E-state index in [1.807, 2.05) is 0 Å². The van der Waals surface area contributed by atoms with Gasteiger partial charge in [-0.15, -0.1) is 0 Å². The molecule has 0 aromatic heterocycles. The van der Waals surface area contributed by atoms with Gasteiger partial charge in [-0.2, -0.15) is 0 Å². The van der Waals surface area contributed by atoms with Crippen molar-refractivity contribution in [1.29, 1.82) is 0 Å². The molecule has 0 unspecified atom stereocenters. The van der Waals surface area contributed by atoms with Crippen molar-refractivity contribution in [3.63, 3.8) is 0 Å². The minimum atomic E-state index is 0.855. The fourth-order valence-corrected chi connectivity index (χ4v) is 2.16. The summed E-state index contributed by atoms with van der Waals surface area (Å²) < 4.78 is 0. The predicted molar refractivity (Wildman–Crippen MR) is 48.7 cm³/mol. The summed E-state index contributed by atoms with van der Waals surface area (Å²) >= 11 is 3.49. The molecule has 1 saturated heterocycles. The molecule has 60 valence electrons. The van der Waals surface area contributed by atoms with E-state index in [1.54, 1.807) is 0 Å². The predicted octanol–water partition coefficient (Wildman–Crippen LogP) is 2.26. The summed E-state index contributed by atoms with van der Waals surface area (Å²) in [4.78, 5) is 2.49. The summed E-state index contributed by atoms with van der Waals surface area (Å²) in [7, 11) is 2.24. The van der Waals surface area contributed by atoms with E-state index in [4.69, 9.17) is 0 Å². The zero-order valence-corrected chi connectivity index (χ0v) is 8.23. The first-order chi connectivity index (χ1) is 4.84. The summed E-state index contributed by atoms with van der Waals surface area (Å²) in [6.45, 7) is 1.30. The van der Waals surface area contributed by atoms with E-state index < -0.39 is 0 Å². The van der Waals surface area contributed by atoms with Crippen molar-refractivity contribution < 1.29 is 0 Å². The Bertz CT molecular complexity index is 93.3. The van der Waals surface area contributed by atoms with E-state index in [0.29, 0.717) is 0 Å². The molecule has 0 aromatic carbocycles. The largest absolute Gasteiger partial charge is 0.303 e. The molecular weight excluding hydrogens is 190 g/mol. The highest BCUT2D eigenvalue weighted by molar-refractivity contribution is 9.09. The van der Waals surface area contributed by atoms with Gasteiger partial charge in [-0.1, -0.05) is 22.4 Å². The van der Waals surface area contributed by atoms with Gasteiger partial charge in [0, 0.05) is 11.4 Å². The number of likely N-dealkylation sites (tertiary alicyclic amines) is 1. The SMILES string of the molecule is CN1CCCC[C@@H]1CCBr. The minimum absolute atomic E-state index is 0.855. The molecule has 2 heteroatoms. The normalized spacial score (nSPS) is 28.8. The standard InChI is InChI=1S/C8H16BrN/c1-10-7-3-2-4-8(10)5-6-9/h8H,2-7H2,1H3/t8-/m1/s1. The van der Waals surface area contributed by atoms with Crippen LogP contribution in [0.25, 0.3) is 0 Å². The number of halogens is 1. The Labute approximate surface area is 71.9 Å². The molecule has 0 amide bonds. The zero-order chi connectivity index (χ0) is 7.40. The van der Waals surface area contributed by atoms with Gasteiger partial charge in [0.2, 0.25) is 0 Å². The molecule has 0 radical (unpaired) electrons. The highest BCUT2D eigenvalue weighted by Crippen LogP contribution is 2.17. The molecule has 0 N–H and O–H groups in total. The lowest BCUT2D eigenvalue weighted by Gasteiger charge is -2.31. The average Bonchev–Trinajstić information content (AvgIpc) is 1.94. The van der Waals surface area contributed by atoms with E-state index in [9.17, 15) is 0 Å². The van der Waals surface area contributed by atoms with Crippen LogP contribution >= 0.6 is 15.9 Å². The van der Waals surface area contributed by atoms with Gasteiger partial charge in [0.15, 0.2) is 0 Å². The lowest BCUT2D eigenvalue weighted by molar-refractivity contribution is 0.182. The molecule has 0 aromatic rings. The van der Waals surface area contributed by atoms with Crippen LogP contribution in [0.1, 0.15) is 25.7 Å². The van der Waals surface area contributed by atoms with Gasteiger partial charge in [-0.3, -0.25) is 0 Å². The maximum atomic E-state index is 3.49. The highest BCUT2D eigenvalue weighted by atomic mass is 79.9. The topological polar surface area (TPSA) is 3.24 Å². The molecule has 10 heavy (non-hydrogen) atoms. The molecular formula is C8H16BrN. The highest BCUT2D eigenvalue weighted by Gasteiger charge is 2.17. The minimum Gasteiger partial charge on any atom is -0.303 e. The third kappa shape index (κ3) is 2.24. The zero-order valence-electron chi connectivity index (χ0n) is 6.65. The van der Waals surface area contributed by atoms with Crippen molar-refractivity contribution in [3.05, 3.63) is 0 Å². The monoisotopic (exact) mass is 205 g/mol. The van der Waals surface area contributed by atoms with Crippen LogP contribution in [0.4, 0.5) is 0 Å². The van der Waals surface area contributed by atoms with Crippen LogP contribution in [0.15, 0.2) is 0 Å². The molecule has 1 atom stereocenters. The van der Waals surface area contributed by atoms with Crippen molar-refractivity contribution in [2.45, 2.75) is 31.7 Å². The molecule has 0 spiro atoms. The molecule has 1 fully saturated rings. The van der Waals surface area contributed by atoms with Crippen molar-refractivity contribution in [2.75, 3.05) is 18.9 Å². The van der Waals surface area contributed by atoms with Crippen LogP contribution in [0.2, 0.25) is 0 Å². The van der Waals surface area contributed by atoms with Gasteiger partial charge in [-0.05, 0) is 32.9 Å². The Hall–Kier alpha value is 0.440. The second kappa shape index (κ2) is 4.35. The van der Waals surface area contributed by atoms with Gasteiger partial charge in [0.1, 0.15) is 0 Å². The van der Waals surface area contributed by atoms with Crippen LogP contribution < -0.4 is 0 Å². The number of nitrogens with zero attached hydrogens (tertiary/aromatic N) is 1. The van der Waals surface area contributed by atoms with Crippen LogP contribution in [0.3, 0.4) is 0 Å². The molecule has 1 nitrogen and oxygen atoms in total. The van der Waals surface area contributed by atoms with E-state index >= 15 is 0 Å². The van der Waals surface area contributed by atoms with E-state index in [1.165, 1.54) is 32.2 Å². The third-order valence-corrected chi connectivity index (χ3v) is 2.82. The first-order valence-electron chi connectivity index (χ1n) is 4.11. The molecule has 0 bridgehead atoms. The van der Waals surface area contributed by atoms with Gasteiger partial charge in [-0.25, -0.2) is 0 Å². The number of hydrogen-bond acceptors (Lipinski definition) is 1. The lowest BCUT2D eigenvalue weighted by Crippen LogP contribution is -2.36. The summed E-state index contributed by atoms with van der Waals surface area (Å²) in [5.41, 5.74) is 0. The van der Waals surface area contributed by atoms with Crippen LogP contribution in [0.5, 0.6) is 0 Å². The van der Waals surface area contributed by atoms with Crippen LogP contribution in [-0.2, 0) is 0 Å². The van der Waals surface area contributed by atoms with Crippen molar-refractivity contribution in [3.8, 4) is 0 Å². The van der Waals surface area contributed by atoms with Crippen molar-refractivity contribution in [1.82, 2.24) is 4.90 Å². The first-order valence-corrected chi connectivity index (χ1v) is 5.23. The second-order valence-corrected chi connectivity index (χ2v) is 3.90. The Morgan fingerprint density at radius 2 is 2.30 bits per heavy atom. The Kier molecular flexibility index (Phi) is 3.71. The Morgan fingerprint density at radius 1 is 1.50 bits per heavy atom. The van der Waals surface area contributed by atoms with E-state index in [-0.39, 0.29) is 0 Å². The summed E-state index contributed by atoms with van der Waals surface area (Å²) in [6, 6.07) is 0.855. The summed E-state index contributed by atoms with van der Waals surface area (Å²) in [6.07, 6.45) is 5.55. The molecule has 1 aliphatic heterocycles. The van der Waals surface area contributed by atoms with Gasteiger partial charge < -0.3 is 4.90 Å². The smallest absolute Gasteiger partial charge is 0.0100 e. The average molecular weight is 206 g/mol. The fourth-order valence-electron chi connectivity index (χ4n) is 1.63. The molecule has 0 aliphatic carbocycles. The number of rotatable bonds is 2. The van der Waals surface area contributed by atoms with Gasteiger partial charge in [0.25, 0.3) is 0 Å². The first kappa shape index (κ1) is 8.54. The van der Waals surface area contributed by atoms with Crippen LogP contribution in [0, 0.1) is 0 Å². The maximum Gasteiger partial charge on any atom is 0.0100 e. The molecule has 1 rings (SSSR count). The van der Waals surface area contributed by atoms with Gasteiger partial charge in [0.05, 0.1) is 0 Å². The number of hydrogen-bond donors (Lipinski definition) is 0. The van der Waals surface area contributed by atoms with Crippen molar-refractivity contribution >= 4 is 15.9 Å². The second-order valence-electron chi connectivity index (χ2n) is 3.11. The van der Waals surface area contributed by atoms with Crippen molar-refractivity contribution in [2.24, 2.45) is 0 Å². The summed E-state index contributed by atoms with van der Waals surface area (Å²) in [5.74, 6) is 0. The van der Waals surface area contributed by atoms with E-state index in [2.05, 4.69) is 27.9 Å². The maximum absolute atomic E-state index is 3.49. The van der Waals surface area contributed by atoms with Crippen LogP contribution in [-0.4, -0.2) is 29.9 Å². The summed E-state index contributed by atoms with van der Waals surface area (Å²) in [5, 5.41) is 1.15. The number of alkyl halides is 1. The Balaban J connectivity index is 2.25. The quantitative estimate of drug-likeness (QED) is 0.626. The van der Waals surface area contributed by atoms with Gasteiger partial charge >= 0.3 is 0 Å². The van der Waals surface area contributed by atoms with E-state index in [0.717, 1.165) is 11.4 Å². The third-order valence-electron chi connectivity index (χ3n) is 2.36. The molecule has 0 saturated carbocycles. The Morgan fingerprint density at radius 3 is 2.90 bits per heavy atom. The fraction of sp³-hybridized carbons (Fsp3) is 1.00. The molecule has 1 heterocycles.